The smallest absolute Gasteiger partial charge is 0.323 e. The fourth-order valence-electron chi connectivity index (χ4n) is 4.10. The molecule has 1 aliphatic rings. The highest BCUT2D eigenvalue weighted by Crippen LogP contribution is 2.39. The summed E-state index contributed by atoms with van der Waals surface area (Å²) in [6, 6.07) is 16.8. The highest BCUT2D eigenvalue weighted by molar-refractivity contribution is 6.08. The number of anilines is 2. The maximum atomic E-state index is 13.4. The number of hydrogen-bond donors (Lipinski definition) is 1. The first-order chi connectivity index (χ1) is 16.3. The van der Waals surface area contributed by atoms with Gasteiger partial charge in [-0.2, -0.15) is 5.26 Å². The molecule has 0 radical (unpaired) electrons. The monoisotopic (exact) mass is 449 g/mol. The van der Waals surface area contributed by atoms with Crippen LogP contribution in [0.15, 0.2) is 60.9 Å². The van der Waals surface area contributed by atoms with Gasteiger partial charge < -0.3 is 10.6 Å². The van der Waals surface area contributed by atoms with Crippen LogP contribution in [0, 0.1) is 11.3 Å². The van der Waals surface area contributed by atoms with Crippen molar-refractivity contribution in [2.45, 2.75) is 25.9 Å². The van der Waals surface area contributed by atoms with Gasteiger partial charge in [-0.15, -0.1) is 0 Å². The van der Waals surface area contributed by atoms with Crippen LogP contribution >= 0.6 is 0 Å². The number of aromatic nitrogens is 3. The van der Waals surface area contributed by atoms with Crippen LogP contribution in [0.2, 0.25) is 0 Å². The lowest BCUT2D eigenvalue weighted by atomic mass is 9.95. The van der Waals surface area contributed by atoms with Gasteiger partial charge in [0.05, 0.1) is 29.1 Å². The van der Waals surface area contributed by atoms with Gasteiger partial charge >= 0.3 is 6.03 Å². The summed E-state index contributed by atoms with van der Waals surface area (Å²) in [4.78, 5) is 30.4. The Labute approximate surface area is 197 Å². The van der Waals surface area contributed by atoms with Crippen LogP contribution in [0.4, 0.5) is 16.2 Å². The van der Waals surface area contributed by atoms with Crippen molar-refractivity contribution in [3.05, 3.63) is 77.7 Å². The zero-order chi connectivity index (χ0) is 24.0. The van der Waals surface area contributed by atoms with Crippen LogP contribution in [-0.4, -0.2) is 32.9 Å². The Morgan fingerprint density at radius 3 is 2.44 bits per heavy atom. The second-order valence-electron chi connectivity index (χ2n) is 8.98. The molecule has 3 aromatic heterocycles. The zero-order valence-electron chi connectivity index (χ0n) is 19.1. The molecule has 5 rings (SSSR count). The molecule has 34 heavy (non-hydrogen) atoms. The number of rotatable bonds is 3. The first kappa shape index (κ1) is 21.5. The van der Waals surface area contributed by atoms with Gasteiger partial charge in [0.2, 0.25) is 0 Å². The molecule has 0 spiro atoms. The lowest BCUT2D eigenvalue weighted by molar-refractivity contribution is 0.213. The van der Waals surface area contributed by atoms with Gasteiger partial charge in [-0.05, 0) is 55.8 Å². The molecule has 4 aromatic rings. The van der Waals surface area contributed by atoms with Crippen LogP contribution in [0.1, 0.15) is 30.7 Å². The van der Waals surface area contributed by atoms with Crippen LogP contribution in [0.25, 0.3) is 22.3 Å². The molecule has 2 N–H and O–H groups in total. The molecule has 1 aliphatic heterocycles. The summed E-state index contributed by atoms with van der Waals surface area (Å²) in [7, 11) is 1.77. The molecule has 8 nitrogen and oxygen atoms in total. The minimum atomic E-state index is -0.485. The minimum absolute atomic E-state index is 0.146. The van der Waals surface area contributed by atoms with E-state index in [1.807, 2.05) is 62.4 Å². The number of benzene rings is 1. The first-order valence-corrected chi connectivity index (χ1v) is 10.9. The van der Waals surface area contributed by atoms with Gasteiger partial charge in [0.1, 0.15) is 17.3 Å². The van der Waals surface area contributed by atoms with E-state index in [-0.39, 0.29) is 6.03 Å². The molecule has 8 heteroatoms. The number of hydrogen-bond acceptors (Lipinski definition) is 6. The average molecular weight is 450 g/mol. The fraction of sp³-hybridized carbons (Fsp3) is 0.192. The summed E-state index contributed by atoms with van der Waals surface area (Å²) in [6.45, 7) is 4.32. The molecule has 0 atom stereocenters. The van der Waals surface area contributed by atoms with Crippen LogP contribution in [0.3, 0.4) is 0 Å². The average Bonchev–Trinajstić information content (AvgIpc) is 2.84. The van der Waals surface area contributed by atoms with Crippen molar-refractivity contribution in [1.29, 1.82) is 5.26 Å². The van der Waals surface area contributed by atoms with Gasteiger partial charge in [-0.25, -0.2) is 14.8 Å². The number of nitriles is 1. The van der Waals surface area contributed by atoms with Crippen molar-refractivity contribution in [3.63, 3.8) is 0 Å². The number of carbonyl (C=O) groups excluding carboxylic acids is 1. The maximum absolute atomic E-state index is 13.4. The van der Waals surface area contributed by atoms with Gasteiger partial charge in [0.25, 0.3) is 0 Å². The Bertz CT molecular complexity index is 1450. The van der Waals surface area contributed by atoms with Crippen molar-refractivity contribution in [3.8, 4) is 17.3 Å². The predicted molar refractivity (Wildman–Crippen MR) is 130 cm³/mol. The molecule has 0 saturated heterocycles. The van der Waals surface area contributed by atoms with Gasteiger partial charge in [-0.1, -0.05) is 12.1 Å². The molecule has 0 fully saturated rings. The number of pyridine rings is 3. The van der Waals surface area contributed by atoms with Crippen LogP contribution in [-0.2, 0) is 12.1 Å². The van der Waals surface area contributed by atoms with Crippen LogP contribution < -0.4 is 10.6 Å². The maximum Gasteiger partial charge on any atom is 0.329 e. The fourth-order valence-corrected chi connectivity index (χ4v) is 4.10. The zero-order valence-corrected chi connectivity index (χ0v) is 19.1. The summed E-state index contributed by atoms with van der Waals surface area (Å²) in [5.41, 5.74) is 12.2. The molecule has 0 bridgehead atoms. The third-order valence-corrected chi connectivity index (χ3v) is 5.95. The molecule has 0 unspecified atom stereocenters. The number of amides is 2. The Morgan fingerprint density at radius 2 is 1.79 bits per heavy atom. The van der Waals surface area contributed by atoms with Crippen molar-refractivity contribution in [2.24, 2.45) is 5.73 Å². The number of nitrogens with two attached hydrogens (primary N) is 1. The van der Waals surface area contributed by atoms with Crippen molar-refractivity contribution < 1.29 is 4.79 Å². The normalized spacial score (nSPS) is 13.7. The van der Waals surface area contributed by atoms with E-state index in [0.717, 1.165) is 28.1 Å². The Balaban J connectivity index is 1.69. The minimum Gasteiger partial charge on any atom is -0.323 e. The van der Waals surface area contributed by atoms with Crippen LogP contribution in [0.5, 0.6) is 0 Å². The number of urea groups is 1. The third-order valence-electron chi connectivity index (χ3n) is 5.95. The molecule has 2 amide bonds. The van der Waals surface area contributed by atoms with E-state index < -0.39 is 5.54 Å². The van der Waals surface area contributed by atoms with E-state index in [1.54, 1.807) is 35.3 Å². The number of carbonyl (C=O) groups is 1. The largest absolute Gasteiger partial charge is 0.329 e. The van der Waals surface area contributed by atoms with Gasteiger partial charge in [0, 0.05) is 36.1 Å². The summed E-state index contributed by atoms with van der Waals surface area (Å²) in [5, 5.41) is 9.03. The molecule has 0 aliphatic carbocycles. The van der Waals surface area contributed by atoms with Crippen molar-refractivity contribution in [1.82, 2.24) is 19.9 Å². The molecular weight excluding hydrogens is 426 g/mol. The first-order valence-electron chi connectivity index (χ1n) is 10.9. The van der Waals surface area contributed by atoms with E-state index in [2.05, 4.69) is 9.97 Å². The van der Waals surface area contributed by atoms with E-state index in [4.69, 9.17) is 16.0 Å². The Kier molecular flexibility index (Phi) is 5.00. The predicted octanol–water partition coefficient (Wildman–Crippen LogP) is 4.46. The number of nitrogens with zero attached hydrogens (tertiary/aromatic N) is 6. The summed E-state index contributed by atoms with van der Waals surface area (Å²) >= 11 is 0. The van der Waals surface area contributed by atoms with E-state index >= 15 is 0 Å². The molecule has 4 heterocycles. The molecule has 1 aromatic carbocycles. The Hall–Kier alpha value is -4.35. The summed E-state index contributed by atoms with van der Waals surface area (Å²) < 4.78 is 0. The van der Waals surface area contributed by atoms with Gasteiger partial charge in [0.15, 0.2) is 0 Å². The van der Waals surface area contributed by atoms with Crippen molar-refractivity contribution in [2.75, 3.05) is 11.9 Å². The molecular formula is C26H23N7O. The highest BCUT2D eigenvalue weighted by atomic mass is 16.2. The Morgan fingerprint density at radius 1 is 1.03 bits per heavy atom. The number of fused-ring (bicyclic) bond motifs is 3. The van der Waals surface area contributed by atoms with E-state index in [1.165, 1.54) is 0 Å². The summed E-state index contributed by atoms with van der Waals surface area (Å²) in [5.74, 6) is 0. The second kappa shape index (κ2) is 7.90. The van der Waals surface area contributed by atoms with E-state index in [0.29, 0.717) is 29.0 Å². The lowest BCUT2D eigenvalue weighted by Gasteiger charge is -2.35. The summed E-state index contributed by atoms with van der Waals surface area (Å²) in [6.07, 6.45) is 3.43. The van der Waals surface area contributed by atoms with Crippen molar-refractivity contribution >= 4 is 28.4 Å². The highest BCUT2D eigenvalue weighted by Gasteiger charge is 2.32. The molecule has 0 saturated carbocycles. The molecule has 168 valence electrons. The third kappa shape index (κ3) is 3.62. The topological polar surface area (TPSA) is 112 Å². The lowest BCUT2D eigenvalue weighted by Crippen LogP contribution is -2.42. The SMILES string of the molecule is CN1Cc2cnc3ccc(-c4ccc(C#N)nc4)nc3c2N(c2ccc(C(C)(C)N)cc2)C1=O. The second-order valence-corrected chi connectivity index (χ2v) is 8.98. The quantitative estimate of drug-likeness (QED) is 0.494. The van der Waals surface area contributed by atoms with E-state index in [9.17, 15) is 4.79 Å². The standard InChI is InChI=1S/C26H23N7O/c1-26(2,28)18-5-8-20(9-6-18)33-24-17(15-32(3)25(33)34)14-30-22-11-10-21(31-23(22)24)16-4-7-19(12-27)29-13-16/h4-11,13-14H,15,28H2,1-3H3. The van der Waals surface area contributed by atoms with Gasteiger partial charge in [-0.3, -0.25) is 9.88 Å².